The van der Waals surface area contributed by atoms with Gasteiger partial charge in [-0.15, -0.1) is 0 Å². The van der Waals surface area contributed by atoms with Crippen LogP contribution < -0.4 is 4.74 Å². The molecule has 0 atom stereocenters. The maximum absolute atomic E-state index is 12.1. The quantitative estimate of drug-likeness (QED) is 0.712. The van der Waals surface area contributed by atoms with Crippen molar-refractivity contribution in [3.05, 3.63) is 41.5 Å². The molecule has 21 heavy (non-hydrogen) atoms. The predicted octanol–water partition coefficient (Wildman–Crippen LogP) is 3.92. The van der Waals surface area contributed by atoms with Crippen molar-refractivity contribution in [3.8, 4) is 5.75 Å². The topological polar surface area (TPSA) is 29.5 Å². The number of likely N-dealkylation sites (N-methyl/N-ethyl adjacent to an activating group) is 1. The Morgan fingerprint density at radius 1 is 1.38 bits per heavy atom. The smallest absolute Gasteiger partial charge is 0.260 e. The lowest BCUT2D eigenvalue weighted by molar-refractivity contribution is -0.132. The molecule has 1 rings (SSSR count). The highest BCUT2D eigenvalue weighted by Crippen LogP contribution is 2.23. The molecule has 0 radical (unpaired) electrons. The van der Waals surface area contributed by atoms with Crippen molar-refractivity contribution in [1.82, 2.24) is 4.90 Å². The number of benzene rings is 1. The van der Waals surface area contributed by atoms with Gasteiger partial charge in [-0.3, -0.25) is 4.79 Å². The van der Waals surface area contributed by atoms with Gasteiger partial charge < -0.3 is 9.64 Å². The van der Waals surface area contributed by atoms with E-state index >= 15 is 0 Å². The first-order valence-electron chi connectivity index (χ1n) is 7.50. The molecule has 0 saturated carbocycles. The average molecular weight is 289 g/mol. The van der Waals surface area contributed by atoms with E-state index in [2.05, 4.69) is 33.4 Å². The monoisotopic (exact) mass is 289 g/mol. The van der Waals surface area contributed by atoms with E-state index in [1.165, 1.54) is 11.1 Å². The Kier molecular flexibility index (Phi) is 6.47. The lowest BCUT2D eigenvalue weighted by Crippen LogP contribution is -2.35. The summed E-state index contributed by atoms with van der Waals surface area (Å²) in [6.07, 6.45) is 0. The molecule has 0 unspecified atom stereocenters. The van der Waals surface area contributed by atoms with E-state index in [1.807, 2.05) is 26.0 Å². The molecule has 0 aliphatic rings. The van der Waals surface area contributed by atoms with E-state index in [-0.39, 0.29) is 12.5 Å². The second kappa shape index (κ2) is 7.87. The summed E-state index contributed by atoms with van der Waals surface area (Å²) in [4.78, 5) is 13.9. The van der Waals surface area contributed by atoms with Gasteiger partial charge in [0.05, 0.1) is 0 Å². The van der Waals surface area contributed by atoms with Crippen LogP contribution in [0.15, 0.2) is 30.4 Å². The van der Waals surface area contributed by atoms with E-state index in [4.69, 9.17) is 4.74 Å². The second-order valence-electron chi connectivity index (χ2n) is 5.83. The van der Waals surface area contributed by atoms with Crippen LogP contribution in [0.2, 0.25) is 0 Å². The Labute approximate surface area is 128 Å². The normalized spacial score (nSPS) is 10.6. The first-order chi connectivity index (χ1) is 9.85. The highest BCUT2D eigenvalue weighted by Gasteiger charge is 2.12. The van der Waals surface area contributed by atoms with Crippen molar-refractivity contribution in [2.45, 2.75) is 40.5 Å². The van der Waals surface area contributed by atoms with Gasteiger partial charge in [-0.1, -0.05) is 32.1 Å². The third-order valence-electron chi connectivity index (χ3n) is 3.42. The highest BCUT2D eigenvalue weighted by atomic mass is 16.5. The van der Waals surface area contributed by atoms with Crippen LogP contribution in [0.4, 0.5) is 0 Å². The van der Waals surface area contributed by atoms with E-state index in [1.54, 1.807) is 4.90 Å². The van der Waals surface area contributed by atoms with Crippen LogP contribution in [0.5, 0.6) is 5.75 Å². The third-order valence-corrected chi connectivity index (χ3v) is 3.42. The van der Waals surface area contributed by atoms with Crippen molar-refractivity contribution in [2.75, 3.05) is 19.7 Å². The van der Waals surface area contributed by atoms with E-state index in [9.17, 15) is 4.79 Å². The molecule has 3 nitrogen and oxygen atoms in total. The molecule has 0 heterocycles. The fraction of sp³-hybridized carbons (Fsp3) is 0.500. The number of aryl methyl sites for hydroxylation is 1. The number of amides is 1. The van der Waals surface area contributed by atoms with Crippen LogP contribution in [0.25, 0.3) is 0 Å². The minimum Gasteiger partial charge on any atom is -0.484 e. The number of rotatable bonds is 7. The fourth-order valence-corrected chi connectivity index (χ4v) is 2.32. The summed E-state index contributed by atoms with van der Waals surface area (Å²) in [6, 6.07) is 6.01. The summed E-state index contributed by atoms with van der Waals surface area (Å²) in [6.45, 7) is 15.5. The van der Waals surface area contributed by atoms with Crippen LogP contribution >= 0.6 is 0 Å². The van der Waals surface area contributed by atoms with Crippen molar-refractivity contribution in [3.63, 3.8) is 0 Å². The summed E-state index contributed by atoms with van der Waals surface area (Å²) < 4.78 is 5.63. The Morgan fingerprint density at radius 3 is 2.52 bits per heavy atom. The van der Waals surface area contributed by atoms with Crippen molar-refractivity contribution in [1.29, 1.82) is 0 Å². The van der Waals surface area contributed by atoms with Crippen LogP contribution in [0.3, 0.4) is 0 Å². The maximum atomic E-state index is 12.1. The molecule has 0 N–H and O–H groups in total. The zero-order chi connectivity index (χ0) is 16.0. The number of hydrogen-bond donors (Lipinski definition) is 0. The van der Waals surface area contributed by atoms with Gasteiger partial charge in [-0.25, -0.2) is 0 Å². The van der Waals surface area contributed by atoms with Crippen molar-refractivity contribution < 1.29 is 9.53 Å². The molecular weight excluding hydrogens is 262 g/mol. The first kappa shape index (κ1) is 17.3. The molecule has 1 amide bonds. The van der Waals surface area contributed by atoms with Gasteiger partial charge in [-0.2, -0.15) is 0 Å². The summed E-state index contributed by atoms with van der Waals surface area (Å²) in [5.74, 6) is 1.23. The summed E-state index contributed by atoms with van der Waals surface area (Å²) in [7, 11) is 0. The lowest BCUT2D eigenvalue weighted by Gasteiger charge is -2.21. The molecule has 3 heteroatoms. The van der Waals surface area contributed by atoms with Gasteiger partial charge >= 0.3 is 0 Å². The van der Waals surface area contributed by atoms with E-state index in [0.717, 1.165) is 11.3 Å². The zero-order valence-corrected chi connectivity index (χ0v) is 13.9. The van der Waals surface area contributed by atoms with Crippen LogP contribution in [0.1, 0.15) is 44.7 Å². The molecule has 116 valence electrons. The van der Waals surface area contributed by atoms with Gasteiger partial charge in [0.25, 0.3) is 5.91 Å². The molecule has 0 fully saturated rings. The molecule has 0 spiro atoms. The van der Waals surface area contributed by atoms with Crippen molar-refractivity contribution in [2.24, 2.45) is 0 Å². The number of carbonyl (C=O) groups excluding carboxylic acids is 1. The fourth-order valence-electron chi connectivity index (χ4n) is 2.32. The Balaban J connectivity index is 2.64. The largest absolute Gasteiger partial charge is 0.484 e. The first-order valence-corrected chi connectivity index (χ1v) is 7.50. The van der Waals surface area contributed by atoms with Crippen LogP contribution in [-0.2, 0) is 4.79 Å². The number of hydrogen-bond acceptors (Lipinski definition) is 2. The van der Waals surface area contributed by atoms with Crippen LogP contribution in [0, 0.1) is 6.92 Å². The van der Waals surface area contributed by atoms with Gasteiger partial charge in [0.15, 0.2) is 6.61 Å². The minimum absolute atomic E-state index is 0.00825. The number of carbonyl (C=O) groups is 1. The third kappa shape index (κ3) is 5.25. The molecule has 0 aliphatic heterocycles. The second-order valence-corrected chi connectivity index (χ2v) is 5.83. The number of ether oxygens (including phenoxy) is 1. The van der Waals surface area contributed by atoms with E-state index < -0.39 is 0 Å². The standard InChI is InChI=1S/C18H27NO2/c1-7-19(11-13(2)3)18(20)12-21-16-8-9-17(14(4)5)15(6)10-16/h8-10,14H,2,7,11-12H2,1,3-6H3. The maximum Gasteiger partial charge on any atom is 0.260 e. The highest BCUT2D eigenvalue weighted by molar-refractivity contribution is 5.78. The molecular formula is C18H27NO2. The minimum atomic E-state index is -0.00825. The summed E-state index contributed by atoms with van der Waals surface area (Å²) in [5, 5.41) is 0. The average Bonchev–Trinajstić information content (AvgIpc) is 2.41. The molecule has 1 aromatic carbocycles. The lowest BCUT2D eigenvalue weighted by atomic mass is 9.98. The molecule has 0 aromatic heterocycles. The van der Waals surface area contributed by atoms with Gasteiger partial charge in [0, 0.05) is 13.1 Å². The Bertz CT molecular complexity index is 506. The van der Waals surface area contributed by atoms with E-state index in [0.29, 0.717) is 19.0 Å². The Morgan fingerprint density at radius 2 is 2.05 bits per heavy atom. The summed E-state index contributed by atoms with van der Waals surface area (Å²) in [5.41, 5.74) is 3.48. The molecule has 0 bridgehead atoms. The Hall–Kier alpha value is -1.77. The SMILES string of the molecule is C=C(C)CN(CC)C(=O)COc1ccc(C(C)C)c(C)c1. The summed E-state index contributed by atoms with van der Waals surface area (Å²) >= 11 is 0. The molecule has 1 aromatic rings. The zero-order valence-electron chi connectivity index (χ0n) is 13.9. The van der Waals surface area contributed by atoms with Crippen LogP contribution in [-0.4, -0.2) is 30.5 Å². The van der Waals surface area contributed by atoms with Gasteiger partial charge in [0.2, 0.25) is 0 Å². The van der Waals surface area contributed by atoms with Crippen molar-refractivity contribution >= 4 is 5.91 Å². The van der Waals surface area contributed by atoms with Gasteiger partial charge in [-0.05, 0) is 49.9 Å². The molecule has 0 saturated heterocycles. The molecule has 0 aliphatic carbocycles. The predicted molar refractivity (Wildman–Crippen MR) is 87.8 cm³/mol. The van der Waals surface area contributed by atoms with Gasteiger partial charge in [0.1, 0.15) is 5.75 Å². The number of nitrogens with zero attached hydrogens (tertiary/aromatic N) is 1.